The molecule has 0 aliphatic carbocycles. The zero-order valence-corrected chi connectivity index (χ0v) is 10.9. The third-order valence-electron chi connectivity index (χ3n) is 2.65. The number of rotatable bonds is 4. The Morgan fingerprint density at radius 3 is 2.53 bits per heavy atom. The van der Waals surface area contributed by atoms with Gasteiger partial charge in [0.1, 0.15) is 0 Å². The summed E-state index contributed by atoms with van der Waals surface area (Å²) in [6, 6.07) is 1.57. The minimum absolute atomic E-state index is 0.0107. The van der Waals surface area contributed by atoms with Gasteiger partial charge in [-0.3, -0.25) is 0 Å². The van der Waals surface area contributed by atoms with E-state index in [9.17, 15) is 4.39 Å². The number of halogens is 1. The zero-order chi connectivity index (χ0) is 14.0. The van der Waals surface area contributed by atoms with Gasteiger partial charge in [-0.2, -0.15) is 4.98 Å². The van der Waals surface area contributed by atoms with Crippen molar-refractivity contribution in [2.75, 3.05) is 14.2 Å². The highest BCUT2D eigenvalue weighted by molar-refractivity contribution is 5.64. The van der Waals surface area contributed by atoms with Crippen LogP contribution in [0.2, 0.25) is 0 Å². The molecule has 1 aromatic carbocycles. The average Bonchev–Trinajstić information content (AvgIpc) is 2.89. The molecule has 2 rings (SSSR count). The van der Waals surface area contributed by atoms with E-state index in [4.69, 9.17) is 19.7 Å². The van der Waals surface area contributed by atoms with Crippen LogP contribution in [-0.4, -0.2) is 24.4 Å². The fourth-order valence-electron chi connectivity index (χ4n) is 1.79. The molecule has 1 aromatic heterocycles. The van der Waals surface area contributed by atoms with Crippen molar-refractivity contribution in [3.05, 3.63) is 23.3 Å². The topological polar surface area (TPSA) is 83.4 Å². The lowest BCUT2D eigenvalue weighted by Crippen LogP contribution is -2.00. The summed E-state index contributed by atoms with van der Waals surface area (Å²) in [6.07, 6.45) is 0. The maximum Gasteiger partial charge on any atom is 0.240 e. The Labute approximate surface area is 109 Å². The first-order chi connectivity index (χ1) is 9.12. The Morgan fingerprint density at radius 1 is 1.32 bits per heavy atom. The van der Waals surface area contributed by atoms with Gasteiger partial charge in [0.15, 0.2) is 17.3 Å². The lowest BCUT2D eigenvalue weighted by Gasteiger charge is -2.13. The Balaban J connectivity index is 2.61. The van der Waals surface area contributed by atoms with Crippen molar-refractivity contribution in [3.63, 3.8) is 0 Å². The molecular formula is C12H14FN3O3. The van der Waals surface area contributed by atoms with E-state index in [1.807, 2.05) is 0 Å². The number of nitrogens with two attached hydrogens (primary N) is 1. The first kappa shape index (κ1) is 13.3. The van der Waals surface area contributed by atoms with Gasteiger partial charge in [0, 0.05) is 0 Å². The molecule has 0 amide bonds. The van der Waals surface area contributed by atoms with E-state index in [1.165, 1.54) is 14.2 Å². The van der Waals surface area contributed by atoms with Crippen molar-refractivity contribution in [1.29, 1.82) is 0 Å². The van der Waals surface area contributed by atoms with Gasteiger partial charge in [0.25, 0.3) is 0 Å². The maximum absolute atomic E-state index is 14.3. The Bertz CT molecular complexity index is 598. The molecule has 0 atom stereocenters. The molecule has 19 heavy (non-hydrogen) atoms. The van der Waals surface area contributed by atoms with Crippen LogP contribution in [0, 0.1) is 12.7 Å². The molecule has 0 aliphatic heterocycles. The second kappa shape index (κ2) is 5.23. The summed E-state index contributed by atoms with van der Waals surface area (Å²) in [5, 5.41) is 3.69. The molecule has 0 fully saturated rings. The predicted molar refractivity (Wildman–Crippen MR) is 65.4 cm³/mol. The van der Waals surface area contributed by atoms with Crippen molar-refractivity contribution in [3.8, 4) is 22.9 Å². The Kier molecular flexibility index (Phi) is 3.66. The summed E-state index contributed by atoms with van der Waals surface area (Å²) < 4.78 is 29.4. The van der Waals surface area contributed by atoms with Crippen LogP contribution in [0.4, 0.5) is 4.39 Å². The summed E-state index contributed by atoms with van der Waals surface area (Å²) in [6.45, 7) is 1.87. The summed E-state index contributed by atoms with van der Waals surface area (Å²) >= 11 is 0. The van der Waals surface area contributed by atoms with Gasteiger partial charge in [0.05, 0.1) is 26.3 Å². The molecule has 2 N–H and O–H groups in total. The number of methoxy groups -OCH3 is 2. The van der Waals surface area contributed by atoms with Crippen molar-refractivity contribution in [1.82, 2.24) is 10.1 Å². The van der Waals surface area contributed by atoms with E-state index in [-0.39, 0.29) is 29.6 Å². The van der Waals surface area contributed by atoms with Crippen molar-refractivity contribution in [2.45, 2.75) is 13.5 Å². The molecule has 102 valence electrons. The number of benzene rings is 1. The van der Waals surface area contributed by atoms with Gasteiger partial charge < -0.3 is 19.7 Å². The fourth-order valence-corrected chi connectivity index (χ4v) is 1.79. The maximum atomic E-state index is 14.3. The van der Waals surface area contributed by atoms with E-state index in [0.717, 1.165) is 0 Å². The number of nitrogens with zero attached hydrogens (tertiary/aromatic N) is 2. The predicted octanol–water partition coefficient (Wildman–Crippen LogP) is 1.66. The van der Waals surface area contributed by atoms with Crippen LogP contribution >= 0.6 is 0 Å². The number of aromatic nitrogens is 2. The van der Waals surface area contributed by atoms with Gasteiger partial charge in [-0.05, 0) is 18.6 Å². The summed E-state index contributed by atoms with van der Waals surface area (Å²) in [5.41, 5.74) is 6.26. The first-order valence-electron chi connectivity index (χ1n) is 5.56. The summed E-state index contributed by atoms with van der Waals surface area (Å²) in [7, 11) is 2.82. The number of hydrogen-bond donors (Lipinski definition) is 1. The first-order valence-corrected chi connectivity index (χ1v) is 5.56. The fraction of sp³-hybridized carbons (Fsp3) is 0.333. The van der Waals surface area contributed by atoms with E-state index in [1.54, 1.807) is 13.0 Å². The number of ether oxygens (including phenoxy) is 2. The lowest BCUT2D eigenvalue weighted by molar-refractivity contribution is 0.336. The molecule has 7 heteroatoms. The van der Waals surface area contributed by atoms with Crippen LogP contribution in [0.1, 0.15) is 11.5 Å². The Morgan fingerprint density at radius 2 is 2.00 bits per heavy atom. The second-order valence-corrected chi connectivity index (χ2v) is 3.84. The summed E-state index contributed by atoms with van der Waals surface area (Å²) in [4.78, 5) is 3.99. The molecular weight excluding hydrogens is 253 g/mol. The minimum atomic E-state index is -0.602. The molecule has 0 bridgehead atoms. The third kappa shape index (κ3) is 2.24. The SMILES string of the molecule is COc1c(C)cc(-c2noc(CN)n2)c(F)c1OC. The van der Waals surface area contributed by atoms with Gasteiger partial charge in [-0.25, -0.2) is 4.39 Å². The van der Waals surface area contributed by atoms with Crippen LogP contribution in [0.25, 0.3) is 11.4 Å². The summed E-state index contributed by atoms with van der Waals surface area (Å²) in [5.74, 6) is 0.112. The van der Waals surface area contributed by atoms with Gasteiger partial charge in [-0.15, -0.1) is 0 Å². The third-order valence-corrected chi connectivity index (χ3v) is 2.65. The van der Waals surface area contributed by atoms with Crippen LogP contribution < -0.4 is 15.2 Å². The lowest BCUT2D eigenvalue weighted by atomic mass is 10.1. The molecule has 0 unspecified atom stereocenters. The zero-order valence-electron chi connectivity index (χ0n) is 10.9. The highest BCUT2D eigenvalue weighted by atomic mass is 19.1. The van der Waals surface area contributed by atoms with E-state index in [0.29, 0.717) is 11.3 Å². The molecule has 1 heterocycles. The monoisotopic (exact) mass is 267 g/mol. The number of aryl methyl sites for hydroxylation is 1. The minimum Gasteiger partial charge on any atom is -0.492 e. The van der Waals surface area contributed by atoms with Crippen LogP contribution in [0.5, 0.6) is 11.5 Å². The quantitative estimate of drug-likeness (QED) is 0.907. The van der Waals surface area contributed by atoms with Gasteiger partial charge >= 0.3 is 0 Å². The highest BCUT2D eigenvalue weighted by Crippen LogP contribution is 2.38. The van der Waals surface area contributed by atoms with Gasteiger partial charge in [-0.1, -0.05) is 5.16 Å². The van der Waals surface area contributed by atoms with E-state index >= 15 is 0 Å². The molecule has 0 aliphatic rings. The number of hydrogen-bond acceptors (Lipinski definition) is 6. The smallest absolute Gasteiger partial charge is 0.240 e. The van der Waals surface area contributed by atoms with E-state index in [2.05, 4.69) is 10.1 Å². The normalized spacial score (nSPS) is 10.6. The van der Waals surface area contributed by atoms with Crippen LogP contribution in [0.15, 0.2) is 10.6 Å². The van der Waals surface area contributed by atoms with Crippen LogP contribution in [-0.2, 0) is 6.54 Å². The molecule has 0 saturated heterocycles. The van der Waals surface area contributed by atoms with Crippen LogP contribution in [0.3, 0.4) is 0 Å². The second-order valence-electron chi connectivity index (χ2n) is 3.84. The van der Waals surface area contributed by atoms with Crippen molar-refractivity contribution >= 4 is 0 Å². The average molecular weight is 267 g/mol. The highest BCUT2D eigenvalue weighted by Gasteiger charge is 2.21. The standard InChI is InChI=1S/C12H14FN3O3/c1-6-4-7(12-15-8(5-14)19-16-12)9(13)11(18-3)10(6)17-2/h4H,5,14H2,1-3H3. The van der Waals surface area contributed by atoms with Crippen molar-refractivity contribution in [2.24, 2.45) is 5.73 Å². The molecule has 0 spiro atoms. The van der Waals surface area contributed by atoms with Gasteiger partial charge in [0.2, 0.25) is 11.7 Å². The van der Waals surface area contributed by atoms with E-state index < -0.39 is 5.82 Å². The largest absolute Gasteiger partial charge is 0.492 e. The Hall–Kier alpha value is -2.15. The molecule has 0 radical (unpaired) electrons. The molecule has 6 nitrogen and oxygen atoms in total. The molecule has 2 aromatic rings. The van der Waals surface area contributed by atoms with Crippen molar-refractivity contribution < 1.29 is 18.4 Å². The molecule has 0 saturated carbocycles.